The van der Waals surface area contributed by atoms with Crippen LogP contribution in [0.4, 0.5) is 0 Å². The summed E-state index contributed by atoms with van der Waals surface area (Å²) in [5.74, 6) is -0.201. The molecule has 0 atom stereocenters. The largest absolute Gasteiger partial charge is 0.486 e. The summed E-state index contributed by atoms with van der Waals surface area (Å²) in [6, 6.07) is 9.60. The summed E-state index contributed by atoms with van der Waals surface area (Å²) in [6.45, 7) is 0.310. The van der Waals surface area contributed by atoms with Crippen LogP contribution in [0, 0.1) is 0 Å². The predicted octanol–water partition coefficient (Wildman–Crippen LogP) is 3.78. The van der Waals surface area contributed by atoms with Gasteiger partial charge in [-0.2, -0.15) is 0 Å². The Bertz CT molecular complexity index is 595. The van der Waals surface area contributed by atoms with E-state index >= 15 is 0 Å². The van der Waals surface area contributed by atoms with Crippen molar-refractivity contribution in [3.8, 4) is 10.8 Å². The minimum Gasteiger partial charge on any atom is -0.486 e. The fourth-order valence-corrected chi connectivity index (χ4v) is 2.86. The first-order valence-corrected chi connectivity index (χ1v) is 6.98. The first-order valence-electron chi connectivity index (χ1n) is 5.78. The number of methoxy groups -OCH3 is 2. The highest BCUT2D eigenvalue weighted by Gasteiger charge is 2.24. The molecule has 0 unspecified atom stereocenters. The summed E-state index contributed by atoms with van der Waals surface area (Å²) in [7, 11) is 2.79. The van der Waals surface area contributed by atoms with Gasteiger partial charge in [0.1, 0.15) is 11.6 Å². The van der Waals surface area contributed by atoms with E-state index in [2.05, 4.69) is 0 Å². The first kappa shape index (κ1) is 14.7. The number of hydrogen-bond acceptors (Lipinski definition) is 5. The van der Waals surface area contributed by atoms with E-state index < -0.39 is 5.97 Å². The number of halogens is 1. The fourth-order valence-electron chi connectivity index (χ4n) is 1.59. The standard InChI is InChI=1S/C14H13ClO4S/c1-17-13(16)12-11(10(15)14(18-2)20-12)19-8-9-6-4-3-5-7-9/h3-7H,8H2,1-2H3. The van der Waals surface area contributed by atoms with Crippen molar-refractivity contribution in [1.82, 2.24) is 0 Å². The van der Waals surface area contributed by atoms with Crippen LogP contribution in [-0.4, -0.2) is 20.2 Å². The molecule has 0 amide bonds. The molecule has 0 spiro atoms. The predicted molar refractivity (Wildman–Crippen MR) is 78.0 cm³/mol. The first-order chi connectivity index (χ1) is 9.67. The molecule has 0 bridgehead atoms. The van der Waals surface area contributed by atoms with Crippen LogP contribution in [0.5, 0.6) is 10.8 Å². The average Bonchev–Trinajstić information content (AvgIpc) is 2.81. The summed E-state index contributed by atoms with van der Waals surface area (Å²) >= 11 is 7.25. The third-order valence-corrected chi connectivity index (χ3v) is 4.13. The van der Waals surface area contributed by atoms with Crippen LogP contribution in [0.1, 0.15) is 15.2 Å². The number of carbonyl (C=O) groups is 1. The fraction of sp³-hybridized carbons (Fsp3) is 0.214. The second-order valence-corrected chi connectivity index (χ2v) is 5.19. The smallest absolute Gasteiger partial charge is 0.352 e. The molecule has 0 aliphatic heterocycles. The lowest BCUT2D eigenvalue weighted by Crippen LogP contribution is -2.03. The van der Waals surface area contributed by atoms with Crippen molar-refractivity contribution >= 4 is 28.9 Å². The lowest BCUT2D eigenvalue weighted by Gasteiger charge is -2.07. The van der Waals surface area contributed by atoms with Gasteiger partial charge in [0, 0.05) is 0 Å². The molecule has 0 aliphatic carbocycles. The molecule has 4 nitrogen and oxygen atoms in total. The van der Waals surface area contributed by atoms with Gasteiger partial charge in [0.25, 0.3) is 0 Å². The number of esters is 1. The SMILES string of the molecule is COC(=O)c1sc(OC)c(Cl)c1OCc1ccccc1. The Morgan fingerprint density at radius 3 is 2.55 bits per heavy atom. The molecule has 0 saturated heterocycles. The van der Waals surface area contributed by atoms with Crippen LogP contribution in [0.15, 0.2) is 30.3 Å². The molecule has 0 fully saturated rings. The molecule has 20 heavy (non-hydrogen) atoms. The molecule has 6 heteroatoms. The van der Waals surface area contributed by atoms with Crippen LogP contribution in [0.2, 0.25) is 5.02 Å². The Morgan fingerprint density at radius 1 is 1.25 bits per heavy atom. The molecule has 0 saturated carbocycles. The van der Waals surface area contributed by atoms with Crippen LogP contribution >= 0.6 is 22.9 Å². The maximum atomic E-state index is 11.7. The third-order valence-electron chi connectivity index (χ3n) is 2.56. The summed E-state index contributed by atoms with van der Waals surface area (Å²) in [5.41, 5.74) is 0.976. The number of benzene rings is 1. The highest BCUT2D eigenvalue weighted by atomic mass is 35.5. The maximum Gasteiger partial charge on any atom is 0.352 e. The van der Waals surface area contributed by atoms with E-state index in [-0.39, 0.29) is 5.02 Å². The Balaban J connectivity index is 2.25. The van der Waals surface area contributed by atoms with Crippen LogP contribution in [0.25, 0.3) is 0 Å². The van der Waals surface area contributed by atoms with Crippen LogP contribution < -0.4 is 9.47 Å². The molecule has 1 aromatic heterocycles. The third kappa shape index (κ3) is 3.05. The van der Waals surface area contributed by atoms with Crippen molar-refractivity contribution in [3.05, 3.63) is 45.8 Å². The van der Waals surface area contributed by atoms with Gasteiger partial charge in [-0.05, 0) is 5.56 Å². The molecule has 106 valence electrons. The van der Waals surface area contributed by atoms with Gasteiger partial charge in [0.2, 0.25) is 0 Å². The number of hydrogen-bond donors (Lipinski definition) is 0. The zero-order chi connectivity index (χ0) is 14.5. The van der Waals surface area contributed by atoms with Gasteiger partial charge in [-0.1, -0.05) is 53.3 Å². The Morgan fingerprint density at radius 2 is 1.95 bits per heavy atom. The molecule has 2 aromatic rings. The number of thiophene rings is 1. The van der Waals surface area contributed by atoms with Gasteiger partial charge in [-0.3, -0.25) is 0 Å². The van der Waals surface area contributed by atoms with Crippen molar-refractivity contribution < 1.29 is 19.0 Å². The second kappa shape index (κ2) is 6.63. The Labute approximate surface area is 125 Å². The van der Waals surface area contributed by atoms with E-state index in [1.54, 1.807) is 0 Å². The molecule has 0 radical (unpaired) electrons. The normalized spacial score (nSPS) is 10.2. The molecular weight excluding hydrogens is 300 g/mol. The van der Waals surface area contributed by atoms with E-state index in [1.165, 1.54) is 14.2 Å². The summed E-state index contributed by atoms with van der Waals surface area (Å²) < 4.78 is 15.5. The van der Waals surface area contributed by atoms with Gasteiger partial charge >= 0.3 is 5.97 Å². The lowest BCUT2D eigenvalue weighted by atomic mass is 10.2. The van der Waals surface area contributed by atoms with E-state index in [9.17, 15) is 4.79 Å². The molecule has 0 N–H and O–H groups in total. The van der Waals surface area contributed by atoms with Gasteiger partial charge < -0.3 is 14.2 Å². The van der Waals surface area contributed by atoms with E-state index in [0.29, 0.717) is 22.3 Å². The van der Waals surface area contributed by atoms with Gasteiger partial charge in [-0.25, -0.2) is 4.79 Å². The number of ether oxygens (including phenoxy) is 3. The topological polar surface area (TPSA) is 44.8 Å². The maximum absolute atomic E-state index is 11.7. The average molecular weight is 313 g/mol. The van der Waals surface area contributed by atoms with E-state index in [1.807, 2.05) is 30.3 Å². The van der Waals surface area contributed by atoms with Crippen LogP contribution in [0.3, 0.4) is 0 Å². The summed E-state index contributed by atoms with van der Waals surface area (Å²) in [5, 5.41) is 0.712. The minimum absolute atomic E-state index is 0.286. The van der Waals surface area contributed by atoms with Crippen molar-refractivity contribution in [3.63, 3.8) is 0 Å². The van der Waals surface area contributed by atoms with Crippen molar-refractivity contribution in [2.75, 3.05) is 14.2 Å². The van der Waals surface area contributed by atoms with Gasteiger partial charge in [0.05, 0.1) is 14.2 Å². The number of carbonyl (C=O) groups excluding carboxylic acids is 1. The van der Waals surface area contributed by atoms with E-state index in [0.717, 1.165) is 16.9 Å². The second-order valence-electron chi connectivity index (χ2n) is 3.83. The molecule has 2 rings (SSSR count). The molecule has 0 aliphatic rings. The Hall–Kier alpha value is -1.72. The van der Waals surface area contributed by atoms with Crippen LogP contribution in [-0.2, 0) is 11.3 Å². The van der Waals surface area contributed by atoms with E-state index in [4.69, 9.17) is 25.8 Å². The van der Waals surface area contributed by atoms with Crippen molar-refractivity contribution in [2.24, 2.45) is 0 Å². The summed E-state index contributed by atoms with van der Waals surface area (Å²) in [6.07, 6.45) is 0. The quantitative estimate of drug-likeness (QED) is 0.788. The van der Waals surface area contributed by atoms with Crippen molar-refractivity contribution in [2.45, 2.75) is 6.61 Å². The lowest BCUT2D eigenvalue weighted by molar-refractivity contribution is 0.0601. The molecule has 1 aromatic carbocycles. The monoisotopic (exact) mass is 312 g/mol. The zero-order valence-electron chi connectivity index (χ0n) is 11.0. The minimum atomic E-state index is -0.497. The van der Waals surface area contributed by atoms with Gasteiger partial charge in [0.15, 0.2) is 15.7 Å². The zero-order valence-corrected chi connectivity index (χ0v) is 12.6. The van der Waals surface area contributed by atoms with Crippen molar-refractivity contribution in [1.29, 1.82) is 0 Å². The highest BCUT2D eigenvalue weighted by molar-refractivity contribution is 7.16. The Kier molecular flexibility index (Phi) is 4.87. The molecule has 1 heterocycles. The summed E-state index contributed by atoms with van der Waals surface area (Å²) in [4.78, 5) is 12.0. The van der Waals surface area contributed by atoms with Gasteiger partial charge in [-0.15, -0.1) is 0 Å². The number of rotatable bonds is 5. The molecular formula is C14H13ClO4S. The highest BCUT2D eigenvalue weighted by Crippen LogP contribution is 2.45.